The number of rotatable bonds is 2. The standard InChI is InChI=1S/C17H12O4/c1-2-10-21-17(20)9-5-8-13-14(17)16(19)12-7-4-3-6-11(12)15(13)18/h1,3-8,20H,9-10H2. The molecule has 104 valence electrons. The van der Waals surface area contributed by atoms with Crippen LogP contribution in [0.15, 0.2) is 47.6 Å². The summed E-state index contributed by atoms with van der Waals surface area (Å²) in [4.78, 5) is 25.1. The largest absolute Gasteiger partial charge is 0.361 e. The molecule has 1 aromatic rings. The summed E-state index contributed by atoms with van der Waals surface area (Å²) in [6.07, 6.45) is 8.38. The molecule has 2 aliphatic carbocycles. The molecular weight excluding hydrogens is 268 g/mol. The van der Waals surface area contributed by atoms with Crippen LogP contribution in [0.5, 0.6) is 0 Å². The molecule has 0 spiro atoms. The molecule has 1 unspecified atom stereocenters. The maximum absolute atomic E-state index is 12.6. The maximum Gasteiger partial charge on any atom is 0.201 e. The Balaban J connectivity index is 2.17. The zero-order chi connectivity index (χ0) is 15.0. The number of carbonyl (C=O) groups excluding carboxylic acids is 2. The van der Waals surface area contributed by atoms with E-state index in [-0.39, 0.29) is 35.5 Å². The normalized spacial score (nSPS) is 23.6. The number of ketones is 2. The molecule has 21 heavy (non-hydrogen) atoms. The van der Waals surface area contributed by atoms with Crippen LogP contribution in [0.4, 0.5) is 0 Å². The Morgan fingerprint density at radius 3 is 2.57 bits per heavy atom. The molecule has 0 saturated carbocycles. The summed E-state index contributed by atoms with van der Waals surface area (Å²) in [5.74, 6) is -0.286. The van der Waals surface area contributed by atoms with E-state index in [0.29, 0.717) is 5.56 Å². The number of ether oxygens (including phenoxy) is 1. The van der Waals surface area contributed by atoms with E-state index < -0.39 is 11.6 Å². The third-order valence-electron chi connectivity index (χ3n) is 3.62. The van der Waals surface area contributed by atoms with Crippen LogP contribution in [0, 0.1) is 12.3 Å². The van der Waals surface area contributed by atoms with Gasteiger partial charge in [-0.05, 0) is 0 Å². The smallest absolute Gasteiger partial charge is 0.201 e. The van der Waals surface area contributed by atoms with Gasteiger partial charge in [-0.25, -0.2) is 0 Å². The Labute approximate surface area is 121 Å². The number of carbonyl (C=O) groups is 2. The summed E-state index contributed by atoms with van der Waals surface area (Å²) in [6, 6.07) is 6.54. The fourth-order valence-electron chi connectivity index (χ4n) is 2.67. The molecule has 0 saturated heterocycles. The average Bonchev–Trinajstić information content (AvgIpc) is 2.50. The lowest BCUT2D eigenvalue weighted by Gasteiger charge is -2.34. The Morgan fingerprint density at radius 2 is 1.90 bits per heavy atom. The number of allylic oxidation sites excluding steroid dienone is 2. The number of terminal acetylenes is 1. The van der Waals surface area contributed by atoms with Crippen molar-refractivity contribution in [2.24, 2.45) is 0 Å². The molecule has 0 aromatic heterocycles. The Bertz CT molecular complexity index is 748. The van der Waals surface area contributed by atoms with Crippen LogP contribution >= 0.6 is 0 Å². The molecule has 0 bridgehead atoms. The summed E-state index contributed by atoms with van der Waals surface area (Å²) < 4.78 is 5.26. The van der Waals surface area contributed by atoms with E-state index in [4.69, 9.17) is 11.2 Å². The van der Waals surface area contributed by atoms with Crippen molar-refractivity contribution in [3.63, 3.8) is 0 Å². The molecule has 0 radical (unpaired) electrons. The lowest BCUT2D eigenvalue weighted by Crippen LogP contribution is -2.43. The van der Waals surface area contributed by atoms with Crippen molar-refractivity contribution in [2.45, 2.75) is 12.2 Å². The summed E-state index contributed by atoms with van der Waals surface area (Å²) in [5.41, 5.74) is 0.764. The molecule has 1 N–H and O–H groups in total. The molecule has 4 nitrogen and oxygen atoms in total. The Kier molecular flexibility index (Phi) is 3.09. The van der Waals surface area contributed by atoms with E-state index in [1.54, 1.807) is 36.4 Å². The molecule has 1 atom stereocenters. The van der Waals surface area contributed by atoms with Gasteiger partial charge >= 0.3 is 0 Å². The molecule has 0 heterocycles. The highest BCUT2D eigenvalue weighted by Gasteiger charge is 2.45. The lowest BCUT2D eigenvalue weighted by molar-refractivity contribution is -0.161. The van der Waals surface area contributed by atoms with Crippen molar-refractivity contribution < 1.29 is 19.4 Å². The van der Waals surface area contributed by atoms with E-state index in [9.17, 15) is 14.7 Å². The maximum atomic E-state index is 12.6. The second-order valence-corrected chi connectivity index (χ2v) is 4.88. The van der Waals surface area contributed by atoms with E-state index in [1.807, 2.05) is 0 Å². The zero-order valence-electron chi connectivity index (χ0n) is 11.1. The molecule has 2 aliphatic rings. The summed E-state index contributed by atoms with van der Waals surface area (Å²) >= 11 is 0. The van der Waals surface area contributed by atoms with E-state index in [0.717, 1.165) is 0 Å². The topological polar surface area (TPSA) is 63.6 Å². The Hall–Kier alpha value is -2.48. The number of hydrogen-bond acceptors (Lipinski definition) is 4. The van der Waals surface area contributed by atoms with Crippen molar-refractivity contribution in [1.29, 1.82) is 0 Å². The molecule has 1 aromatic carbocycles. The first-order chi connectivity index (χ1) is 10.1. The molecule has 0 aliphatic heterocycles. The number of fused-ring (bicyclic) bond motifs is 1. The predicted molar refractivity (Wildman–Crippen MR) is 75.6 cm³/mol. The first-order valence-corrected chi connectivity index (χ1v) is 6.48. The van der Waals surface area contributed by atoms with Crippen LogP contribution in [0.25, 0.3) is 0 Å². The van der Waals surface area contributed by atoms with Gasteiger partial charge in [0.25, 0.3) is 0 Å². The Morgan fingerprint density at radius 1 is 1.24 bits per heavy atom. The number of aliphatic hydroxyl groups is 1. The van der Waals surface area contributed by atoms with Gasteiger partial charge in [-0.15, -0.1) is 6.42 Å². The van der Waals surface area contributed by atoms with Crippen molar-refractivity contribution in [3.05, 3.63) is 58.7 Å². The first kappa shape index (κ1) is 13.5. The summed E-state index contributed by atoms with van der Waals surface area (Å²) in [6.45, 7) is -0.149. The minimum Gasteiger partial charge on any atom is -0.361 e. The molecule has 0 fully saturated rings. The van der Waals surface area contributed by atoms with Crippen LogP contribution in [0.2, 0.25) is 0 Å². The molecule has 3 rings (SSSR count). The van der Waals surface area contributed by atoms with Crippen molar-refractivity contribution in [3.8, 4) is 12.3 Å². The predicted octanol–water partition coefficient (Wildman–Crippen LogP) is 1.66. The highest BCUT2D eigenvalue weighted by Crippen LogP contribution is 2.38. The summed E-state index contributed by atoms with van der Waals surface area (Å²) in [5, 5.41) is 10.6. The van der Waals surface area contributed by atoms with E-state index in [2.05, 4.69) is 5.92 Å². The van der Waals surface area contributed by atoms with Gasteiger partial charge in [-0.1, -0.05) is 42.3 Å². The van der Waals surface area contributed by atoms with Crippen molar-refractivity contribution in [2.75, 3.05) is 6.61 Å². The van der Waals surface area contributed by atoms with Crippen LogP contribution in [0.3, 0.4) is 0 Å². The molecule has 4 heteroatoms. The van der Waals surface area contributed by atoms with E-state index >= 15 is 0 Å². The minimum atomic E-state index is -1.85. The van der Waals surface area contributed by atoms with Gasteiger partial charge in [0.05, 0.1) is 5.57 Å². The first-order valence-electron chi connectivity index (χ1n) is 6.48. The third kappa shape index (κ3) is 1.95. The van der Waals surface area contributed by atoms with E-state index in [1.165, 1.54) is 0 Å². The second-order valence-electron chi connectivity index (χ2n) is 4.88. The zero-order valence-corrected chi connectivity index (χ0v) is 11.1. The molecular formula is C17H12O4. The fourth-order valence-corrected chi connectivity index (χ4v) is 2.67. The monoisotopic (exact) mass is 280 g/mol. The highest BCUT2D eigenvalue weighted by atomic mass is 16.6. The van der Waals surface area contributed by atoms with Gasteiger partial charge < -0.3 is 9.84 Å². The third-order valence-corrected chi connectivity index (χ3v) is 3.62. The number of benzene rings is 1. The average molecular weight is 280 g/mol. The minimum absolute atomic E-state index is 0.0241. The van der Waals surface area contributed by atoms with Gasteiger partial charge in [0.15, 0.2) is 11.6 Å². The highest BCUT2D eigenvalue weighted by molar-refractivity contribution is 6.28. The fraction of sp³-hybridized carbons (Fsp3) is 0.176. The molecule has 0 amide bonds. The quantitative estimate of drug-likeness (QED) is 0.661. The van der Waals surface area contributed by atoms with Crippen LogP contribution in [0.1, 0.15) is 27.1 Å². The number of Topliss-reactive ketones (excluding diaryl/α,β-unsaturated/α-hetero) is 2. The van der Waals surface area contributed by atoms with Crippen molar-refractivity contribution >= 4 is 11.6 Å². The SMILES string of the molecule is C#CCOC1(O)CC=CC2=C1C(=O)c1ccccc1C2=O. The van der Waals surface area contributed by atoms with Gasteiger partial charge in [0.2, 0.25) is 5.79 Å². The van der Waals surface area contributed by atoms with Gasteiger partial charge in [-0.3, -0.25) is 9.59 Å². The second kappa shape index (κ2) is 4.81. The lowest BCUT2D eigenvalue weighted by atomic mass is 9.77. The van der Waals surface area contributed by atoms with Crippen LogP contribution in [-0.4, -0.2) is 29.1 Å². The van der Waals surface area contributed by atoms with Crippen LogP contribution in [-0.2, 0) is 4.74 Å². The van der Waals surface area contributed by atoms with Crippen molar-refractivity contribution in [1.82, 2.24) is 0 Å². The van der Waals surface area contributed by atoms with Gasteiger partial charge in [0, 0.05) is 23.1 Å². The number of hydrogen-bond donors (Lipinski definition) is 1. The van der Waals surface area contributed by atoms with Gasteiger partial charge in [0.1, 0.15) is 6.61 Å². The summed E-state index contributed by atoms with van der Waals surface area (Å²) in [7, 11) is 0. The van der Waals surface area contributed by atoms with Crippen LogP contribution < -0.4 is 0 Å². The van der Waals surface area contributed by atoms with Gasteiger partial charge in [-0.2, -0.15) is 0 Å².